The molecular weight excluding hydrogens is 333 g/mol. The summed E-state index contributed by atoms with van der Waals surface area (Å²) in [5.41, 5.74) is 0. The third kappa shape index (κ3) is 6.02. The molecule has 0 N–H and O–H groups in total. The van der Waals surface area contributed by atoms with Crippen LogP contribution >= 0.6 is 81.9 Å². The highest BCUT2D eigenvalue weighted by molar-refractivity contribution is 8.07. The van der Waals surface area contributed by atoms with E-state index in [0.29, 0.717) is 0 Å². The molecule has 0 saturated heterocycles. The monoisotopic (exact) mass is 346 g/mol. The lowest BCUT2D eigenvalue weighted by molar-refractivity contribution is 1.45. The molecular formula is C9H14S7. The molecule has 7 heteroatoms. The van der Waals surface area contributed by atoms with Crippen LogP contribution in [0, 0.1) is 3.14 Å². The molecule has 0 amide bonds. The molecule has 0 saturated carbocycles. The largest absolute Gasteiger partial charge is 0.165 e. The molecule has 0 radical (unpaired) electrons. The van der Waals surface area contributed by atoms with Crippen LogP contribution in [-0.2, 0) is 0 Å². The molecule has 0 unspecified atom stereocenters. The summed E-state index contributed by atoms with van der Waals surface area (Å²) in [4.78, 5) is 0. The van der Waals surface area contributed by atoms with Crippen molar-refractivity contribution in [1.29, 1.82) is 0 Å². The van der Waals surface area contributed by atoms with Crippen molar-refractivity contribution < 1.29 is 0 Å². The zero-order valence-corrected chi connectivity index (χ0v) is 14.9. The molecule has 0 nitrogen and oxygen atoms in total. The smallest absolute Gasteiger partial charge is 0.145 e. The molecule has 92 valence electrons. The number of hydrogen-bond acceptors (Lipinski definition) is 7. The lowest BCUT2D eigenvalue weighted by Gasteiger charge is -2.01. The van der Waals surface area contributed by atoms with Crippen LogP contribution in [0.1, 0.15) is 0 Å². The van der Waals surface area contributed by atoms with E-state index >= 15 is 0 Å². The van der Waals surface area contributed by atoms with Crippen LogP contribution in [0.4, 0.5) is 0 Å². The predicted molar refractivity (Wildman–Crippen MR) is 91.2 cm³/mol. The Bertz CT molecular complexity index is 309. The molecule has 0 fully saturated rings. The second-order valence-electron chi connectivity index (χ2n) is 2.71. The first-order valence-electron chi connectivity index (χ1n) is 4.65. The van der Waals surface area contributed by atoms with Crippen LogP contribution in [0.2, 0.25) is 0 Å². The average molecular weight is 347 g/mol. The Balaban J connectivity index is 2.50. The predicted octanol–water partition coefficient (Wildman–Crippen LogP) is 5.45. The fourth-order valence-electron chi connectivity index (χ4n) is 0.868. The molecule has 1 heterocycles. The zero-order valence-electron chi connectivity index (χ0n) is 9.19. The van der Waals surface area contributed by atoms with Gasteiger partial charge in [-0.05, 0) is 12.5 Å². The Morgan fingerprint density at radius 2 is 1.31 bits per heavy atom. The van der Waals surface area contributed by atoms with Gasteiger partial charge in [0.25, 0.3) is 0 Å². The minimum Gasteiger partial charge on any atom is -0.165 e. The van der Waals surface area contributed by atoms with Gasteiger partial charge in [-0.3, -0.25) is 0 Å². The van der Waals surface area contributed by atoms with Crippen LogP contribution in [0.25, 0.3) is 0 Å². The molecule has 0 aliphatic carbocycles. The quantitative estimate of drug-likeness (QED) is 0.348. The first-order valence-corrected chi connectivity index (χ1v) is 11.5. The van der Waals surface area contributed by atoms with Crippen LogP contribution in [0.15, 0.2) is 8.42 Å². The summed E-state index contributed by atoms with van der Waals surface area (Å²) in [5.74, 6) is 4.82. The fourth-order valence-corrected chi connectivity index (χ4v) is 8.42. The van der Waals surface area contributed by atoms with Gasteiger partial charge in [0.15, 0.2) is 0 Å². The van der Waals surface area contributed by atoms with E-state index in [1.54, 1.807) is 22.7 Å². The van der Waals surface area contributed by atoms with E-state index < -0.39 is 0 Å². The first kappa shape index (κ1) is 15.7. The van der Waals surface area contributed by atoms with Crippen LogP contribution in [0.3, 0.4) is 0 Å². The highest BCUT2D eigenvalue weighted by atomic mass is 32.2. The maximum atomic E-state index is 5.28. The van der Waals surface area contributed by atoms with Crippen molar-refractivity contribution in [3.8, 4) is 0 Å². The summed E-state index contributed by atoms with van der Waals surface area (Å²) >= 11 is 16.6. The maximum Gasteiger partial charge on any atom is 0.145 e. The van der Waals surface area contributed by atoms with Crippen LogP contribution in [0.5, 0.6) is 0 Å². The van der Waals surface area contributed by atoms with Gasteiger partial charge in [-0.15, -0.1) is 46.2 Å². The summed E-state index contributed by atoms with van der Waals surface area (Å²) < 4.78 is 3.95. The van der Waals surface area contributed by atoms with Gasteiger partial charge in [0.1, 0.15) is 3.14 Å². The van der Waals surface area contributed by atoms with E-state index in [0.717, 1.165) is 3.14 Å². The Kier molecular flexibility index (Phi) is 9.42. The van der Waals surface area contributed by atoms with Crippen molar-refractivity contribution in [3.05, 3.63) is 3.14 Å². The molecule has 0 atom stereocenters. The van der Waals surface area contributed by atoms with Crippen LogP contribution in [-0.4, -0.2) is 35.5 Å². The molecule has 0 aliphatic heterocycles. The Morgan fingerprint density at radius 3 is 1.69 bits per heavy atom. The molecule has 1 rings (SSSR count). The van der Waals surface area contributed by atoms with Crippen molar-refractivity contribution in [3.63, 3.8) is 0 Å². The molecule has 0 spiro atoms. The number of rotatable bonds is 8. The van der Waals surface area contributed by atoms with Gasteiger partial charge in [0.05, 0.1) is 8.42 Å². The fraction of sp³-hybridized carbons (Fsp3) is 0.667. The summed E-state index contributed by atoms with van der Waals surface area (Å²) in [7, 11) is 0. The third-order valence-electron chi connectivity index (χ3n) is 1.56. The molecule has 0 aliphatic rings. The molecule has 1 aromatic heterocycles. The average Bonchev–Trinajstić information content (AvgIpc) is 2.60. The van der Waals surface area contributed by atoms with E-state index in [1.807, 2.05) is 47.0 Å². The van der Waals surface area contributed by atoms with E-state index in [1.165, 1.54) is 31.4 Å². The standard InChI is InChI=1S/C9H14S7/c1-11-3-5-13-7-8(14-6-4-12-2)16-9(10)15-7/h3-6H2,1-2H3. The molecule has 16 heavy (non-hydrogen) atoms. The Morgan fingerprint density at radius 1 is 0.875 bits per heavy atom. The highest BCUT2D eigenvalue weighted by Gasteiger charge is 2.08. The van der Waals surface area contributed by atoms with Crippen molar-refractivity contribution >= 4 is 81.9 Å². The third-order valence-corrected chi connectivity index (χ3v) is 8.89. The summed E-state index contributed by atoms with van der Waals surface area (Å²) in [6.45, 7) is 0. The Labute approximate surface area is 128 Å². The van der Waals surface area contributed by atoms with Crippen molar-refractivity contribution in [2.24, 2.45) is 0 Å². The molecule has 1 aromatic rings. The van der Waals surface area contributed by atoms with Gasteiger partial charge in [-0.25, -0.2) is 0 Å². The zero-order chi connectivity index (χ0) is 11.8. The number of hydrogen-bond donors (Lipinski definition) is 0. The van der Waals surface area contributed by atoms with Gasteiger partial charge in [-0.2, -0.15) is 23.5 Å². The lowest BCUT2D eigenvalue weighted by atomic mass is 11.0. The van der Waals surface area contributed by atoms with Gasteiger partial charge in [0, 0.05) is 23.0 Å². The molecule has 0 aromatic carbocycles. The van der Waals surface area contributed by atoms with Gasteiger partial charge in [0.2, 0.25) is 0 Å². The summed E-state index contributed by atoms with van der Waals surface area (Å²) in [6.07, 6.45) is 4.31. The lowest BCUT2D eigenvalue weighted by Crippen LogP contribution is -1.83. The molecule has 0 bridgehead atoms. The minimum absolute atomic E-state index is 1.07. The SMILES string of the molecule is CSCCSc1sc(=S)sc1SCCSC. The Hall–Kier alpha value is 1.67. The van der Waals surface area contributed by atoms with E-state index in [9.17, 15) is 0 Å². The second kappa shape index (κ2) is 9.58. The number of thioether (sulfide) groups is 4. The highest BCUT2D eigenvalue weighted by Crippen LogP contribution is 2.40. The van der Waals surface area contributed by atoms with Crippen molar-refractivity contribution in [2.45, 2.75) is 8.42 Å². The van der Waals surface area contributed by atoms with Gasteiger partial charge < -0.3 is 0 Å². The topological polar surface area (TPSA) is 0 Å². The van der Waals surface area contributed by atoms with Gasteiger partial charge >= 0.3 is 0 Å². The maximum absolute atomic E-state index is 5.28. The minimum atomic E-state index is 1.07. The summed E-state index contributed by atoms with van der Waals surface area (Å²) in [5, 5.41) is 0. The van der Waals surface area contributed by atoms with E-state index in [-0.39, 0.29) is 0 Å². The van der Waals surface area contributed by atoms with Crippen LogP contribution < -0.4 is 0 Å². The van der Waals surface area contributed by atoms with Crippen molar-refractivity contribution in [1.82, 2.24) is 0 Å². The van der Waals surface area contributed by atoms with E-state index in [2.05, 4.69) is 12.5 Å². The van der Waals surface area contributed by atoms with Crippen molar-refractivity contribution in [2.75, 3.05) is 35.5 Å². The second-order valence-corrected chi connectivity index (χ2v) is 10.6. The van der Waals surface area contributed by atoms with Gasteiger partial charge in [-0.1, -0.05) is 12.2 Å². The van der Waals surface area contributed by atoms with E-state index in [4.69, 9.17) is 12.2 Å². The summed E-state index contributed by atoms with van der Waals surface area (Å²) in [6, 6.07) is 0. The first-order chi connectivity index (χ1) is 7.77. The normalized spacial score (nSPS) is 10.9.